The minimum absolute atomic E-state index is 0.0255. The Bertz CT molecular complexity index is 693. The van der Waals surface area contributed by atoms with Crippen molar-refractivity contribution in [1.82, 2.24) is 19.7 Å². The minimum atomic E-state index is -0.132. The number of guanidine groups is 1. The van der Waals surface area contributed by atoms with Gasteiger partial charge in [-0.25, -0.2) is 0 Å². The second-order valence-corrected chi connectivity index (χ2v) is 6.92. The molecule has 7 nitrogen and oxygen atoms in total. The highest BCUT2D eigenvalue weighted by Crippen LogP contribution is 2.23. The van der Waals surface area contributed by atoms with E-state index in [1.807, 2.05) is 25.4 Å². The Labute approximate surface area is 148 Å². The quantitative estimate of drug-likeness (QED) is 0.798. The highest BCUT2D eigenvalue weighted by Gasteiger charge is 2.35. The molecule has 2 fully saturated rings. The zero-order valence-corrected chi connectivity index (χ0v) is 14.6. The summed E-state index contributed by atoms with van der Waals surface area (Å²) in [6.07, 6.45) is 3.74. The van der Waals surface area contributed by atoms with Crippen molar-refractivity contribution in [3.05, 3.63) is 30.1 Å². The van der Waals surface area contributed by atoms with Gasteiger partial charge in [-0.2, -0.15) is 9.98 Å². The Hall–Kier alpha value is -2.28. The van der Waals surface area contributed by atoms with Crippen molar-refractivity contribution in [1.29, 1.82) is 0 Å². The SMILES string of the molecule is CN1CCCC2C(=O)N=C(N3CCN(Cc4ccccn4)CC3)N=C21. The number of pyridine rings is 1. The average molecular weight is 340 g/mol. The Morgan fingerprint density at radius 2 is 1.96 bits per heavy atom. The summed E-state index contributed by atoms with van der Waals surface area (Å²) < 4.78 is 0. The van der Waals surface area contributed by atoms with Crippen molar-refractivity contribution in [3.8, 4) is 0 Å². The third-order valence-electron chi connectivity index (χ3n) is 5.18. The smallest absolute Gasteiger partial charge is 0.259 e. The predicted octanol–water partition coefficient (Wildman–Crippen LogP) is 0.836. The molecule has 3 aliphatic heterocycles. The molecular weight excluding hydrogens is 316 g/mol. The minimum Gasteiger partial charge on any atom is -0.362 e. The van der Waals surface area contributed by atoms with E-state index in [4.69, 9.17) is 4.99 Å². The van der Waals surface area contributed by atoms with Gasteiger partial charge in [-0.15, -0.1) is 0 Å². The van der Waals surface area contributed by atoms with Crippen molar-refractivity contribution in [2.75, 3.05) is 39.8 Å². The van der Waals surface area contributed by atoms with Gasteiger partial charge in [0.05, 0.1) is 11.6 Å². The first kappa shape index (κ1) is 16.2. The number of aromatic nitrogens is 1. The van der Waals surface area contributed by atoms with E-state index in [9.17, 15) is 4.79 Å². The predicted molar refractivity (Wildman–Crippen MR) is 96.3 cm³/mol. The molecule has 4 rings (SSSR count). The highest BCUT2D eigenvalue weighted by atomic mass is 16.1. The fourth-order valence-electron chi connectivity index (χ4n) is 3.71. The second kappa shape index (κ2) is 6.92. The number of piperidine rings is 1. The Balaban J connectivity index is 1.40. The van der Waals surface area contributed by atoms with Crippen LogP contribution < -0.4 is 0 Å². The van der Waals surface area contributed by atoms with E-state index in [-0.39, 0.29) is 11.8 Å². The maximum absolute atomic E-state index is 12.4. The Kier molecular flexibility index (Phi) is 4.48. The molecule has 3 aliphatic rings. The van der Waals surface area contributed by atoms with Crippen LogP contribution in [0.15, 0.2) is 34.4 Å². The number of fused-ring (bicyclic) bond motifs is 1. The Morgan fingerprint density at radius 3 is 2.72 bits per heavy atom. The lowest BCUT2D eigenvalue weighted by molar-refractivity contribution is -0.120. The molecule has 0 aromatic carbocycles. The van der Waals surface area contributed by atoms with Crippen molar-refractivity contribution in [3.63, 3.8) is 0 Å². The topological polar surface area (TPSA) is 64.4 Å². The number of aliphatic imine (C=N–C) groups is 2. The second-order valence-electron chi connectivity index (χ2n) is 6.92. The number of hydrogen-bond acceptors (Lipinski definition) is 6. The molecule has 0 radical (unpaired) electrons. The molecule has 132 valence electrons. The van der Waals surface area contributed by atoms with Gasteiger partial charge >= 0.3 is 0 Å². The van der Waals surface area contributed by atoms with Gasteiger partial charge in [0, 0.05) is 52.5 Å². The first-order valence-corrected chi connectivity index (χ1v) is 9.00. The summed E-state index contributed by atoms with van der Waals surface area (Å²) in [5.41, 5.74) is 1.09. The monoisotopic (exact) mass is 340 g/mol. The van der Waals surface area contributed by atoms with Gasteiger partial charge in [-0.05, 0) is 25.0 Å². The summed E-state index contributed by atoms with van der Waals surface area (Å²) in [7, 11) is 2.02. The average Bonchev–Trinajstić information content (AvgIpc) is 2.64. The van der Waals surface area contributed by atoms with E-state index in [1.54, 1.807) is 0 Å². The molecule has 2 saturated heterocycles. The van der Waals surface area contributed by atoms with Crippen molar-refractivity contribution in [2.24, 2.45) is 15.9 Å². The van der Waals surface area contributed by atoms with Crippen molar-refractivity contribution >= 4 is 17.7 Å². The Morgan fingerprint density at radius 1 is 1.12 bits per heavy atom. The number of nitrogens with zero attached hydrogens (tertiary/aromatic N) is 6. The lowest BCUT2D eigenvalue weighted by Crippen LogP contribution is -2.51. The standard InChI is InChI=1S/C18H24N6O/c1-22-8-4-6-15-16(22)20-18(21-17(15)25)24-11-9-23(10-12-24)13-14-5-2-3-7-19-14/h2-3,5,7,15H,4,6,8-13H2,1H3. The van der Waals surface area contributed by atoms with E-state index in [1.165, 1.54) is 0 Å². The number of rotatable bonds is 2. The van der Waals surface area contributed by atoms with Crippen LogP contribution in [-0.4, -0.2) is 77.2 Å². The summed E-state index contributed by atoms with van der Waals surface area (Å²) in [5, 5.41) is 0. The number of carbonyl (C=O) groups is 1. The fraction of sp³-hybridized carbons (Fsp3) is 0.556. The van der Waals surface area contributed by atoms with Crippen LogP contribution >= 0.6 is 0 Å². The molecule has 0 aliphatic carbocycles. The number of hydrogen-bond donors (Lipinski definition) is 0. The summed E-state index contributed by atoms with van der Waals surface area (Å²) >= 11 is 0. The van der Waals surface area contributed by atoms with Crippen LogP contribution in [0.4, 0.5) is 0 Å². The van der Waals surface area contributed by atoms with Crippen LogP contribution in [0, 0.1) is 5.92 Å². The summed E-state index contributed by atoms with van der Waals surface area (Å²) in [6, 6.07) is 6.02. The first-order valence-electron chi connectivity index (χ1n) is 9.00. The molecule has 1 atom stereocenters. The van der Waals surface area contributed by atoms with Gasteiger partial charge in [0.1, 0.15) is 5.84 Å². The molecule has 0 saturated carbocycles. The number of carbonyl (C=O) groups excluding carboxylic acids is 1. The maximum atomic E-state index is 12.4. The molecule has 25 heavy (non-hydrogen) atoms. The van der Waals surface area contributed by atoms with E-state index in [2.05, 4.69) is 30.7 Å². The van der Waals surface area contributed by atoms with E-state index in [0.29, 0.717) is 5.96 Å². The van der Waals surface area contributed by atoms with Gasteiger partial charge in [0.25, 0.3) is 5.91 Å². The van der Waals surface area contributed by atoms with Gasteiger partial charge in [0.15, 0.2) is 0 Å². The zero-order valence-electron chi connectivity index (χ0n) is 14.6. The highest BCUT2D eigenvalue weighted by molar-refractivity contribution is 6.14. The molecule has 1 unspecified atom stereocenters. The lowest BCUT2D eigenvalue weighted by Gasteiger charge is -2.38. The normalized spacial score (nSPS) is 24.7. The molecule has 4 heterocycles. The van der Waals surface area contributed by atoms with E-state index < -0.39 is 0 Å². The fourth-order valence-corrected chi connectivity index (χ4v) is 3.71. The zero-order chi connectivity index (χ0) is 17.2. The molecule has 1 aromatic heterocycles. The van der Waals surface area contributed by atoms with Gasteiger partial charge in [0.2, 0.25) is 5.96 Å². The van der Waals surface area contributed by atoms with Crippen LogP contribution in [0.1, 0.15) is 18.5 Å². The van der Waals surface area contributed by atoms with Crippen molar-refractivity contribution < 1.29 is 4.79 Å². The van der Waals surface area contributed by atoms with Crippen LogP contribution in [0.3, 0.4) is 0 Å². The summed E-state index contributed by atoms with van der Waals surface area (Å²) in [5.74, 6) is 1.34. The van der Waals surface area contributed by atoms with Crippen molar-refractivity contribution in [2.45, 2.75) is 19.4 Å². The van der Waals surface area contributed by atoms with Crippen LogP contribution in [-0.2, 0) is 11.3 Å². The van der Waals surface area contributed by atoms with E-state index >= 15 is 0 Å². The third-order valence-corrected chi connectivity index (χ3v) is 5.18. The molecule has 7 heteroatoms. The molecule has 0 spiro atoms. The molecular formula is C18H24N6O. The van der Waals surface area contributed by atoms with Crippen LogP contribution in [0.5, 0.6) is 0 Å². The van der Waals surface area contributed by atoms with Gasteiger partial charge in [-0.1, -0.05) is 6.07 Å². The number of likely N-dealkylation sites (tertiary alicyclic amines) is 1. The maximum Gasteiger partial charge on any atom is 0.259 e. The molecule has 1 aromatic rings. The molecule has 0 N–H and O–H groups in total. The van der Waals surface area contributed by atoms with E-state index in [0.717, 1.165) is 63.6 Å². The summed E-state index contributed by atoms with van der Waals surface area (Å²) in [6.45, 7) is 5.35. The number of amides is 1. The van der Waals surface area contributed by atoms with Gasteiger partial charge in [-0.3, -0.25) is 14.7 Å². The van der Waals surface area contributed by atoms with Gasteiger partial charge < -0.3 is 9.80 Å². The van der Waals surface area contributed by atoms with Crippen LogP contribution in [0.25, 0.3) is 0 Å². The van der Waals surface area contributed by atoms with Crippen LogP contribution in [0.2, 0.25) is 0 Å². The number of piperazine rings is 1. The number of amidine groups is 1. The summed E-state index contributed by atoms with van der Waals surface area (Å²) in [4.78, 5) is 32.4. The third kappa shape index (κ3) is 3.42. The molecule has 0 bridgehead atoms. The molecule has 1 amide bonds. The largest absolute Gasteiger partial charge is 0.362 e. The first-order chi connectivity index (χ1) is 12.2. The lowest BCUT2D eigenvalue weighted by atomic mass is 9.95.